The smallest absolute Gasteiger partial charge is 0.407 e. The molecule has 0 spiro atoms. The summed E-state index contributed by atoms with van der Waals surface area (Å²) in [5, 5.41) is 13.2. The predicted molar refractivity (Wildman–Crippen MR) is 233 cm³/mol. The fourth-order valence-electron chi connectivity index (χ4n) is 10.8. The molecule has 0 radical (unpaired) electrons. The molecule has 2 amide bonds. The summed E-state index contributed by atoms with van der Waals surface area (Å²) in [4.78, 5) is 38.5. The van der Waals surface area contributed by atoms with Crippen molar-refractivity contribution < 1.29 is 42.8 Å². The molecule has 13 nitrogen and oxygen atoms in total. The summed E-state index contributed by atoms with van der Waals surface area (Å²) >= 11 is 0. The zero-order chi connectivity index (χ0) is 42.5. The number of carbonyl (C=O) groups excluding carboxylic acids is 3. The largest absolute Gasteiger partial charge is 0.459 e. The Labute approximate surface area is 365 Å². The Bertz CT molecular complexity index is 1510. The van der Waals surface area contributed by atoms with Crippen molar-refractivity contribution >= 4 is 18.2 Å². The van der Waals surface area contributed by atoms with Gasteiger partial charge in [0.15, 0.2) is 0 Å². The van der Waals surface area contributed by atoms with Crippen LogP contribution >= 0.6 is 0 Å². The van der Waals surface area contributed by atoms with Crippen LogP contribution in [0.2, 0.25) is 0 Å². The number of amides is 2. The van der Waals surface area contributed by atoms with Gasteiger partial charge in [-0.25, -0.2) is 9.59 Å². The monoisotopic (exact) mass is 855 g/mol. The second-order valence-corrected chi connectivity index (χ2v) is 19.6. The topological polar surface area (TPSA) is 161 Å². The molecular weight excluding hydrogens is 777 g/mol. The Balaban J connectivity index is 0.883. The zero-order valence-electron chi connectivity index (χ0n) is 37.5. The van der Waals surface area contributed by atoms with Crippen LogP contribution < -0.4 is 21.3 Å². The highest BCUT2D eigenvalue weighted by atomic mass is 16.7. The van der Waals surface area contributed by atoms with Gasteiger partial charge in [-0.1, -0.05) is 63.5 Å². The van der Waals surface area contributed by atoms with Crippen molar-refractivity contribution in [3.63, 3.8) is 0 Å². The van der Waals surface area contributed by atoms with Gasteiger partial charge in [0.1, 0.15) is 31.5 Å². The summed E-state index contributed by atoms with van der Waals surface area (Å²) in [7, 11) is 0. The molecule has 5 heterocycles. The summed E-state index contributed by atoms with van der Waals surface area (Å²) in [6.07, 6.45) is 23.9. The molecule has 0 aromatic heterocycles. The van der Waals surface area contributed by atoms with E-state index in [-0.39, 0.29) is 72.2 Å². The number of nitrogens with one attached hydrogen (secondary N) is 4. The fourth-order valence-corrected chi connectivity index (χ4v) is 10.8. The number of ether oxygens (including phenoxy) is 6. The highest BCUT2D eigenvalue weighted by molar-refractivity contribution is 5.76. The number of hydrogen-bond acceptors (Lipinski definition) is 11. The van der Waals surface area contributed by atoms with Gasteiger partial charge in [0.25, 0.3) is 0 Å². The first-order chi connectivity index (χ1) is 29.7. The third-order valence-electron chi connectivity index (χ3n) is 14.9. The number of carbonyl (C=O) groups is 3. The molecule has 0 unspecified atom stereocenters. The number of fused-ring (bicyclic) bond motifs is 8. The predicted octanol–water partition coefficient (Wildman–Crippen LogP) is 7.42. The average Bonchev–Trinajstić information content (AvgIpc) is 4.01. The fraction of sp³-hybridized carbons (Fsp3) is 0.854. The van der Waals surface area contributed by atoms with Crippen LogP contribution in [0, 0.1) is 23.7 Å². The van der Waals surface area contributed by atoms with Crippen molar-refractivity contribution in [2.24, 2.45) is 23.7 Å². The first-order valence-corrected chi connectivity index (χ1v) is 24.5. The number of cyclic esters (lactones) is 2. The molecule has 0 saturated carbocycles. The van der Waals surface area contributed by atoms with Crippen LogP contribution in [-0.2, 0) is 33.2 Å². The van der Waals surface area contributed by atoms with Crippen LogP contribution in [0.4, 0.5) is 9.59 Å². The molecule has 344 valence electrons. The second-order valence-electron chi connectivity index (χ2n) is 19.6. The lowest BCUT2D eigenvalue weighted by atomic mass is 9.80. The standard InChI is InChI=1S/C48H78N4O9/c1-47-23-15-17-34-19-21-37-36(33-56-40(37)42(47)60-47)29-49-25-11-7-3-4-8-12-26-50-30-39-38-22-20-35(18-16-24-48(2)43(61-48)41(38)59-44(39)53)32-58-46(55)52-28-14-10-6-5-9-13-27-51-45(54)57-31-34/h17-18,36-43,49-50H,3-16,19-33H2,1-2H3,(H,51,54)(H,52,55)/b34-17+,35-18+/t36-,37+,38+,39+,40+,41+,42+,43+,47-,48-/m1/s1. The molecular formula is C48H78N4O9. The van der Waals surface area contributed by atoms with Gasteiger partial charge in [0.2, 0.25) is 0 Å². The maximum Gasteiger partial charge on any atom is 0.407 e. The lowest BCUT2D eigenvalue weighted by molar-refractivity contribution is -0.144. The van der Waals surface area contributed by atoms with E-state index in [0.29, 0.717) is 38.1 Å². The van der Waals surface area contributed by atoms with E-state index in [9.17, 15) is 14.4 Å². The van der Waals surface area contributed by atoms with Crippen LogP contribution in [-0.4, -0.2) is 113 Å². The molecule has 5 aliphatic heterocycles. The van der Waals surface area contributed by atoms with Gasteiger partial charge in [-0.05, 0) is 121 Å². The van der Waals surface area contributed by atoms with Crippen LogP contribution in [0.1, 0.15) is 142 Å². The third-order valence-corrected chi connectivity index (χ3v) is 14.9. The van der Waals surface area contributed by atoms with Crippen molar-refractivity contribution in [1.82, 2.24) is 21.3 Å². The number of allylic oxidation sites excluding steroid dienone is 2. The molecule has 7 aliphatic rings. The number of epoxide rings is 2. The van der Waals surface area contributed by atoms with Gasteiger partial charge >= 0.3 is 18.2 Å². The van der Waals surface area contributed by atoms with E-state index in [0.717, 1.165) is 128 Å². The molecule has 13 heteroatoms. The summed E-state index contributed by atoms with van der Waals surface area (Å²) in [6, 6.07) is 0. The third kappa shape index (κ3) is 13.4. The maximum atomic E-state index is 13.2. The maximum absolute atomic E-state index is 13.2. The minimum atomic E-state index is -0.387. The van der Waals surface area contributed by atoms with E-state index < -0.39 is 0 Å². The van der Waals surface area contributed by atoms with E-state index in [1.54, 1.807) is 0 Å². The van der Waals surface area contributed by atoms with Gasteiger partial charge in [0.05, 0.1) is 29.8 Å². The summed E-state index contributed by atoms with van der Waals surface area (Å²) < 4.78 is 36.4. The SMILES string of the molecule is C[C@@]12CC/C=C3\CC[C@@H]4[C@H](OC(=O)[C@H]4CNCCCCCCCCNC[C@@H]4CO[C@H]5[C@H]4CC/C(=C\CC[C@@]4(C)O[C@@H]54)COC(=O)NCCCCCCCCNC(=O)OC3)[C@@H]1O2. The number of hydrogen-bond donors (Lipinski definition) is 4. The van der Waals surface area contributed by atoms with Gasteiger partial charge in [0, 0.05) is 38.0 Å². The van der Waals surface area contributed by atoms with E-state index >= 15 is 0 Å². The Hall–Kier alpha value is -2.71. The highest BCUT2D eigenvalue weighted by Crippen LogP contribution is 2.51. The molecule has 2 aliphatic carbocycles. The number of rotatable bonds is 0. The molecule has 4 bridgehead atoms. The number of esters is 1. The van der Waals surface area contributed by atoms with E-state index in [4.69, 9.17) is 28.4 Å². The molecule has 4 N–H and O–H groups in total. The van der Waals surface area contributed by atoms with Gasteiger partial charge < -0.3 is 49.7 Å². The number of alkyl carbamates (subject to hydrolysis) is 2. The van der Waals surface area contributed by atoms with Gasteiger partial charge in [-0.15, -0.1) is 0 Å². The van der Waals surface area contributed by atoms with Crippen LogP contribution in [0.5, 0.6) is 0 Å². The average molecular weight is 855 g/mol. The quantitative estimate of drug-likeness (QED) is 0.0831. The molecule has 7 rings (SSSR count). The van der Waals surface area contributed by atoms with Gasteiger partial charge in [-0.2, -0.15) is 0 Å². The Morgan fingerprint density at radius 1 is 0.590 bits per heavy atom. The van der Waals surface area contributed by atoms with Crippen molar-refractivity contribution in [3.8, 4) is 0 Å². The highest BCUT2D eigenvalue weighted by Gasteiger charge is 2.63. The summed E-state index contributed by atoms with van der Waals surface area (Å²) in [5.41, 5.74) is 1.88. The van der Waals surface area contributed by atoms with Crippen molar-refractivity contribution in [1.29, 1.82) is 0 Å². The van der Waals surface area contributed by atoms with E-state index in [1.807, 2.05) is 0 Å². The van der Waals surface area contributed by atoms with Gasteiger partial charge in [-0.3, -0.25) is 4.79 Å². The second kappa shape index (κ2) is 22.8. The molecule has 61 heavy (non-hydrogen) atoms. The lowest BCUT2D eigenvalue weighted by Gasteiger charge is -2.25. The van der Waals surface area contributed by atoms with Crippen LogP contribution in [0.15, 0.2) is 23.3 Å². The minimum absolute atomic E-state index is 0.0458. The molecule has 5 fully saturated rings. The normalized spacial score (nSPS) is 40.5. The zero-order valence-corrected chi connectivity index (χ0v) is 37.5. The summed E-state index contributed by atoms with van der Waals surface area (Å²) in [5.74, 6) is 0.626. The van der Waals surface area contributed by atoms with Crippen molar-refractivity contribution in [3.05, 3.63) is 23.3 Å². The Morgan fingerprint density at radius 2 is 1.08 bits per heavy atom. The first kappa shape index (κ1) is 46.3. The van der Waals surface area contributed by atoms with E-state index in [1.165, 1.54) is 37.7 Å². The Morgan fingerprint density at radius 3 is 1.66 bits per heavy atom. The van der Waals surface area contributed by atoms with Crippen LogP contribution in [0.3, 0.4) is 0 Å². The first-order valence-electron chi connectivity index (χ1n) is 24.5. The molecule has 0 aromatic carbocycles. The Kier molecular flexibility index (Phi) is 17.3. The molecule has 10 atom stereocenters. The summed E-state index contributed by atoms with van der Waals surface area (Å²) in [6.45, 7) is 10.4. The minimum Gasteiger partial charge on any atom is -0.459 e. The lowest BCUT2D eigenvalue weighted by Crippen LogP contribution is -2.34. The van der Waals surface area contributed by atoms with E-state index in [2.05, 4.69) is 47.3 Å². The van der Waals surface area contributed by atoms with Crippen molar-refractivity contribution in [2.45, 2.75) is 178 Å². The van der Waals surface area contributed by atoms with Crippen molar-refractivity contribution in [2.75, 3.05) is 59.1 Å². The van der Waals surface area contributed by atoms with Crippen LogP contribution in [0.25, 0.3) is 0 Å². The molecule has 0 aromatic rings. The molecule has 5 saturated heterocycles.